The molecule has 2 N–H and O–H groups in total. The van der Waals surface area contributed by atoms with E-state index in [1.807, 2.05) is 6.92 Å². The molecule has 0 aliphatic carbocycles. The van der Waals surface area contributed by atoms with Gasteiger partial charge in [0, 0.05) is 10.9 Å². The molecular formula is C8H8IN3S2. The monoisotopic (exact) mass is 337 g/mol. The number of aromatic nitrogens is 2. The molecule has 0 bridgehead atoms. The first-order valence-corrected chi connectivity index (χ1v) is 6.77. The summed E-state index contributed by atoms with van der Waals surface area (Å²) in [5.41, 5.74) is 6.86. The fourth-order valence-electron chi connectivity index (χ4n) is 0.957. The lowest BCUT2D eigenvalue weighted by Crippen LogP contribution is -2.03. The summed E-state index contributed by atoms with van der Waals surface area (Å²) in [5, 5.41) is 12.1. The topological polar surface area (TPSA) is 51.8 Å². The Morgan fingerprint density at radius 3 is 2.79 bits per heavy atom. The zero-order chi connectivity index (χ0) is 10.1. The van der Waals surface area contributed by atoms with E-state index in [4.69, 9.17) is 5.73 Å². The molecule has 0 aliphatic heterocycles. The van der Waals surface area contributed by atoms with Crippen molar-refractivity contribution >= 4 is 45.3 Å². The minimum atomic E-state index is -0.0287. The maximum Gasteiger partial charge on any atom is 0.148 e. The van der Waals surface area contributed by atoms with Gasteiger partial charge in [0.2, 0.25) is 0 Å². The fraction of sp³-hybridized carbons (Fsp3) is 0.250. The van der Waals surface area contributed by atoms with Gasteiger partial charge in [-0.05, 0) is 35.6 Å². The zero-order valence-electron chi connectivity index (χ0n) is 7.40. The van der Waals surface area contributed by atoms with Gasteiger partial charge in [-0.3, -0.25) is 0 Å². The van der Waals surface area contributed by atoms with Crippen molar-refractivity contribution in [2.75, 3.05) is 0 Å². The van der Waals surface area contributed by atoms with Gasteiger partial charge in [0.15, 0.2) is 0 Å². The lowest BCUT2D eigenvalue weighted by atomic mass is 10.4. The Morgan fingerprint density at radius 2 is 2.29 bits per heavy atom. The number of nitrogens with two attached hydrogens (primary N) is 1. The van der Waals surface area contributed by atoms with Gasteiger partial charge in [-0.2, -0.15) is 0 Å². The van der Waals surface area contributed by atoms with Crippen LogP contribution in [-0.2, 0) is 0 Å². The van der Waals surface area contributed by atoms with Crippen LogP contribution in [-0.4, -0.2) is 10.2 Å². The molecule has 0 saturated carbocycles. The van der Waals surface area contributed by atoms with Crippen LogP contribution < -0.4 is 5.73 Å². The first-order valence-electron chi connectivity index (χ1n) is 4.00. The third kappa shape index (κ3) is 2.13. The van der Waals surface area contributed by atoms with Gasteiger partial charge < -0.3 is 5.73 Å². The van der Waals surface area contributed by atoms with Crippen LogP contribution >= 0.6 is 45.3 Å². The largest absolute Gasteiger partial charge is 0.322 e. The average Bonchev–Trinajstić information content (AvgIpc) is 2.70. The maximum atomic E-state index is 5.72. The summed E-state index contributed by atoms with van der Waals surface area (Å²) in [5.74, 6) is 0. The molecule has 0 aromatic carbocycles. The van der Waals surface area contributed by atoms with Crippen LogP contribution in [0.3, 0.4) is 0 Å². The van der Waals surface area contributed by atoms with Crippen LogP contribution in [0.25, 0.3) is 10.6 Å². The van der Waals surface area contributed by atoms with Crippen LogP contribution in [0.1, 0.15) is 18.0 Å². The van der Waals surface area contributed by atoms with Crippen molar-refractivity contribution in [2.45, 2.75) is 13.0 Å². The lowest BCUT2D eigenvalue weighted by molar-refractivity contribution is 0.786. The Balaban J connectivity index is 2.33. The molecule has 14 heavy (non-hydrogen) atoms. The van der Waals surface area contributed by atoms with E-state index < -0.39 is 0 Å². The second kappa shape index (κ2) is 4.21. The molecule has 2 heterocycles. The van der Waals surface area contributed by atoms with Crippen molar-refractivity contribution < 1.29 is 0 Å². The summed E-state index contributed by atoms with van der Waals surface area (Å²) < 4.78 is 1.26. The predicted molar refractivity (Wildman–Crippen MR) is 68.5 cm³/mol. The molecular weight excluding hydrogens is 329 g/mol. The van der Waals surface area contributed by atoms with E-state index in [2.05, 4.69) is 44.2 Å². The number of halogens is 1. The Kier molecular flexibility index (Phi) is 3.15. The van der Waals surface area contributed by atoms with Crippen LogP contribution in [0.5, 0.6) is 0 Å². The Morgan fingerprint density at radius 1 is 1.50 bits per heavy atom. The highest BCUT2D eigenvalue weighted by molar-refractivity contribution is 14.1. The first kappa shape index (κ1) is 10.5. The Bertz CT molecular complexity index is 435. The van der Waals surface area contributed by atoms with E-state index in [0.29, 0.717) is 0 Å². The molecule has 2 aromatic rings. The number of thiophene rings is 1. The number of rotatable bonds is 2. The highest BCUT2D eigenvalue weighted by Gasteiger charge is 2.10. The van der Waals surface area contributed by atoms with Crippen LogP contribution in [0, 0.1) is 2.88 Å². The van der Waals surface area contributed by atoms with E-state index in [9.17, 15) is 0 Å². The van der Waals surface area contributed by atoms with Crippen molar-refractivity contribution in [3.05, 3.63) is 19.3 Å². The Labute approximate surface area is 104 Å². The third-order valence-electron chi connectivity index (χ3n) is 1.64. The molecule has 1 unspecified atom stereocenters. The highest BCUT2D eigenvalue weighted by Crippen LogP contribution is 2.30. The molecule has 3 nitrogen and oxygen atoms in total. The second-order valence-corrected chi connectivity index (χ2v) is 6.69. The van der Waals surface area contributed by atoms with Crippen molar-refractivity contribution in [1.82, 2.24) is 10.2 Å². The number of nitrogens with zero attached hydrogens (tertiary/aromatic N) is 2. The van der Waals surface area contributed by atoms with Crippen LogP contribution in [0.15, 0.2) is 11.4 Å². The molecule has 1 atom stereocenters. The molecule has 0 fully saturated rings. The molecule has 6 heteroatoms. The van der Waals surface area contributed by atoms with Gasteiger partial charge in [-0.1, -0.05) is 11.3 Å². The summed E-state index contributed by atoms with van der Waals surface area (Å²) in [6.07, 6.45) is 0. The van der Waals surface area contributed by atoms with Gasteiger partial charge in [-0.25, -0.2) is 0 Å². The standard InChI is InChI=1S/C8H8IN3S2/c1-4(10)7-11-12-8(14-7)5-2-6(9)13-3-5/h2-4H,10H2,1H3. The van der Waals surface area contributed by atoms with Crippen molar-refractivity contribution in [3.8, 4) is 10.6 Å². The van der Waals surface area contributed by atoms with E-state index >= 15 is 0 Å². The Hall–Kier alpha value is -0.0500. The van der Waals surface area contributed by atoms with Crippen LogP contribution in [0.4, 0.5) is 0 Å². The summed E-state index contributed by atoms with van der Waals surface area (Å²) in [6, 6.07) is 2.08. The molecule has 2 rings (SSSR count). The van der Waals surface area contributed by atoms with Crippen molar-refractivity contribution in [2.24, 2.45) is 5.73 Å². The summed E-state index contributed by atoms with van der Waals surface area (Å²) in [6.45, 7) is 1.92. The number of hydrogen-bond donors (Lipinski definition) is 1. The SMILES string of the molecule is CC(N)c1nnc(-c2csc(I)c2)s1. The van der Waals surface area contributed by atoms with E-state index in [1.165, 1.54) is 2.88 Å². The maximum absolute atomic E-state index is 5.72. The average molecular weight is 337 g/mol. The molecule has 0 radical (unpaired) electrons. The molecule has 74 valence electrons. The third-order valence-corrected chi connectivity index (χ3v) is 4.61. The normalized spacial score (nSPS) is 13.1. The van der Waals surface area contributed by atoms with Crippen LogP contribution in [0.2, 0.25) is 0 Å². The first-order chi connectivity index (χ1) is 6.66. The van der Waals surface area contributed by atoms with Gasteiger partial charge in [0.05, 0.1) is 8.93 Å². The van der Waals surface area contributed by atoms with Gasteiger partial charge in [0.1, 0.15) is 10.0 Å². The van der Waals surface area contributed by atoms with Gasteiger partial charge in [-0.15, -0.1) is 21.5 Å². The summed E-state index contributed by atoms with van der Waals surface area (Å²) in [4.78, 5) is 0. The molecule has 0 aliphatic rings. The molecule has 0 saturated heterocycles. The molecule has 2 aromatic heterocycles. The summed E-state index contributed by atoms with van der Waals surface area (Å²) in [7, 11) is 0. The lowest BCUT2D eigenvalue weighted by Gasteiger charge is -1.94. The van der Waals surface area contributed by atoms with Gasteiger partial charge >= 0.3 is 0 Å². The quantitative estimate of drug-likeness (QED) is 0.858. The minimum absolute atomic E-state index is 0.0287. The molecule has 0 amide bonds. The van der Waals surface area contributed by atoms with Crippen molar-refractivity contribution in [1.29, 1.82) is 0 Å². The van der Waals surface area contributed by atoms with E-state index in [1.54, 1.807) is 22.7 Å². The van der Waals surface area contributed by atoms with Crippen molar-refractivity contribution in [3.63, 3.8) is 0 Å². The zero-order valence-corrected chi connectivity index (χ0v) is 11.2. The molecule has 0 spiro atoms. The minimum Gasteiger partial charge on any atom is -0.322 e. The number of hydrogen-bond acceptors (Lipinski definition) is 5. The fourth-order valence-corrected chi connectivity index (χ4v) is 3.15. The van der Waals surface area contributed by atoms with Gasteiger partial charge in [0.25, 0.3) is 0 Å². The second-order valence-electron chi connectivity index (χ2n) is 2.87. The van der Waals surface area contributed by atoms with E-state index in [0.717, 1.165) is 15.6 Å². The summed E-state index contributed by atoms with van der Waals surface area (Å²) >= 11 is 5.57. The smallest absolute Gasteiger partial charge is 0.148 e. The highest BCUT2D eigenvalue weighted by atomic mass is 127. The van der Waals surface area contributed by atoms with E-state index in [-0.39, 0.29) is 6.04 Å². The predicted octanol–water partition coefficient (Wildman–Crippen LogP) is 2.89.